The number of H-pyrrole nitrogens is 1. The maximum atomic E-state index is 12.8. The molecular weight excluding hydrogens is 438 g/mol. The number of amides is 2. The number of rotatable bonds is 5. The quantitative estimate of drug-likeness (QED) is 0.315. The number of aromatic nitrogens is 3. The predicted molar refractivity (Wildman–Crippen MR) is 126 cm³/mol. The topological polar surface area (TPSA) is 163 Å². The number of nitrogens with one attached hydrogen (secondary N) is 3. The first-order chi connectivity index (χ1) is 16.3. The Morgan fingerprint density at radius 1 is 1.18 bits per heavy atom. The molecule has 0 fully saturated rings. The molecule has 0 bridgehead atoms. The molecule has 172 valence electrons. The van der Waals surface area contributed by atoms with Gasteiger partial charge in [-0.1, -0.05) is 18.2 Å². The van der Waals surface area contributed by atoms with Crippen LogP contribution in [-0.2, 0) is 24.3 Å². The Balaban J connectivity index is 1.31. The molecule has 0 aliphatic carbocycles. The van der Waals surface area contributed by atoms with E-state index in [1.54, 1.807) is 6.20 Å². The lowest BCUT2D eigenvalue weighted by molar-refractivity contribution is -0.114. The van der Waals surface area contributed by atoms with Crippen LogP contribution >= 0.6 is 0 Å². The molecule has 1 aliphatic rings. The van der Waals surface area contributed by atoms with Gasteiger partial charge < -0.3 is 26.3 Å². The third kappa shape index (κ3) is 3.56. The van der Waals surface area contributed by atoms with E-state index in [0.717, 1.165) is 23.1 Å². The summed E-state index contributed by atoms with van der Waals surface area (Å²) in [6, 6.07) is 5.93. The predicted octanol–water partition coefficient (Wildman–Crippen LogP) is 0.587. The fraction of sp³-hybridized carbons (Fsp3) is 0.217. The fourth-order valence-electron chi connectivity index (χ4n) is 4.28. The first-order valence-electron chi connectivity index (χ1n) is 10.7. The van der Waals surface area contributed by atoms with Crippen LogP contribution < -0.4 is 32.1 Å². The van der Waals surface area contributed by atoms with Crippen molar-refractivity contribution in [2.24, 2.45) is 0 Å². The van der Waals surface area contributed by atoms with E-state index < -0.39 is 10.9 Å². The first kappa shape index (κ1) is 21.3. The Morgan fingerprint density at radius 3 is 2.76 bits per heavy atom. The summed E-state index contributed by atoms with van der Waals surface area (Å²) in [4.78, 5) is 60.6. The summed E-state index contributed by atoms with van der Waals surface area (Å²) in [6.45, 7) is 2.73. The van der Waals surface area contributed by atoms with Crippen molar-refractivity contribution in [3.05, 3.63) is 73.6 Å². The zero-order chi connectivity index (χ0) is 24.0. The monoisotopic (exact) mass is 459 g/mol. The normalized spacial score (nSPS) is 13.1. The van der Waals surface area contributed by atoms with E-state index in [0.29, 0.717) is 35.5 Å². The summed E-state index contributed by atoms with van der Waals surface area (Å²) in [5, 5.41) is 5.52. The number of anilines is 3. The molecule has 0 radical (unpaired) electrons. The third-order valence-corrected chi connectivity index (χ3v) is 5.96. The number of fused-ring (bicyclic) bond motifs is 2. The smallest absolute Gasteiger partial charge is 0.272 e. The van der Waals surface area contributed by atoms with Gasteiger partial charge in [-0.25, -0.2) is 9.97 Å². The van der Waals surface area contributed by atoms with Crippen LogP contribution in [-0.4, -0.2) is 33.3 Å². The minimum Gasteiger partial charge on any atom is -0.394 e. The van der Waals surface area contributed by atoms with Crippen LogP contribution in [0, 0.1) is 0 Å². The van der Waals surface area contributed by atoms with Crippen molar-refractivity contribution in [3.63, 3.8) is 0 Å². The molecule has 3 heterocycles. The van der Waals surface area contributed by atoms with Crippen LogP contribution in [0.3, 0.4) is 0 Å². The maximum Gasteiger partial charge on any atom is 0.272 e. The molecule has 2 aromatic heterocycles. The minimum absolute atomic E-state index is 0.0269. The van der Waals surface area contributed by atoms with Crippen molar-refractivity contribution in [2.75, 3.05) is 22.5 Å². The number of hydrogen-bond donors (Lipinski definition) is 4. The van der Waals surface area contributed by atoms with E-state index in [4.69, 9.17) is 5.73 Å². The number of aromatic amines is 1. The number of hydrogen-bond acceptors (Lipinski definition) is 8. The van der Waals surface area contributed by atoms with Crippen molar-refractivity contribution in [2.45, 2.75) is 26.4 Å². The van der Waals surface area contributed by atoms with Gasteiger partial charge in [0.05, 0.1) is 11.2 Å². The summed E-state index contributed by atoms with van der Waals surface area (Å²) >= 11 is 0. The van der Waals surface area contributed by atoms with Crippen LogP contribution in [0.1, 0.15) is 34.1 Å². The number of nitrogen functional groups attached to an aromatic ring is 1. The maximum absolute atomic E-state index is 12.8. The molecule has 4 aromatic rings. The van der Waals surface area contributed by atoms with Crippen LogP contribution in [0.25, 0.3) is 11.0 Å². The Kier molecular flexibility index (Phi) is 5.08. The van der Waals surface area contributed by atoms with Gasteiger partial charge >= 0.3 is 0 Å². The lowest BCUT2D eigenvalue weighted by atomic mass is 9.96. The molecule has 2 aromatic carbocycles. The zero-order valence-corrected chi connectivity index (χ0v) is 18.3. The summed E-state index contributed by atoms with van der Waals surface area (Å²) < 4.78 is 0. The van der Waals surface area contributed by atoms with E-state index in [1.165, 1.54) is 13.3 Å². The van der Waals surface area contributed by atoms with Gasteiger partial charge in [0.15, 0.2) is 5.69 Å². The van der Waals surface area contributed by atoms with Gasteiger partial charge in [-0.05, 0) is 23.1 Å². The lowest BCUT2D eigenvalue weighted by Crippen LogP contribution is -2.44. The zero-order valence-electron chi connectivity index (χ0n) is 18.3. The molecule has 34 heavy (non-hydrogen) atoms. The Hall–Kier alpha value is -4.54. The highest BCUT2D eigenvalue weighted by atomic mass is 16.2. The number of carbonyl (C=O) groups excluding carboxylic acids is 2. The highest BCUT2D eigenvalue weighted by molar-refractivity contribution is 6.07. The number of carbonyl (C=O) groups is 2. The second-order valence-electron chi connectivity index (χ2n) is 8.21. The summed E-state index contributed by atoms with van der Waals surface area (Å²) in [7, 11) is 0. The Bertz CT molecular complexity index is 1530. The minimum atomic E-state index is -0.623. The second kappa shape index (κ2) is 8.10. The van der Waals surface area contributed by atoms with Crippen molar-refractivity contribution >= 4 is 39.9 Å². The lowest BCUT2D eigenvalue weighted by Gasteiger charge is -2.32. The van der Waals surface area contributed by atoms with Gasteiger partial charge in [0.1, 0.15) is 23.2 Å². The van der Waals surface area contributed by atoms with Gasteiger partial charge in [0.25, 0.3) is 16.8 Å². The van der Waals surface area contributed by atoms with Gasteiger partial charge in [-0.15, -0.1) is 0 Å². The number of nitrogens with zero attached hydrogens (tertiary/aromatic N) is 3. The molecule has 2 amide bonds. The van der Waals surface area contributed by atoms with Crippen molar-refractivity contribution in [1.29, 1.82) is 0 Å². The molecule has 0 saturated carbocycles. The average molecular weight is 459 g/mol. The van der Waals surface area contributed by atoms with Gasteiger partial charge in [-0.2, -0.15) is 0 Å². The van der Waals surface area contributed by atoms with Crippen molar-refractivity contribution in [3.8, 4) is 0 Å². The average Bonchev–Trinajstić information content (AvgIpc) is 3.24. The fourth-order valence-corrected chi connectivity index (χ4v) is 4.28. The van der Waals surface area contributed by atoms with Crippen LogP contribution in [0.15, 0.2) is 40.3 Å². The standard InChI is InChI=1S/C23H21N7O4/c1-11(31)29-15-8-25-18-17(15)27-10-28-19(18)23(34)26-7-12-2-3-13-4-5-30(9-14(13)6-12)20-16(24)21(32)22(20)33/h2-3,6,8,10,25H,4-5,7,9,24H2,1H3,(H,26,34)(H,29,31). The molecule has 0 saturated heterocycles. The number of nitrogens with two attached hydrogens (primary N) is 1. The van der Waals surface area contributed by atoms with Gasteiger partial charge in [-0.3, -0.25) is 19.2 Å². The number of benzene rings is 1. The SMILES string of the molecule is CC(=O)Nc1c[nH]c2c(C(=O)NCc3ccc4c(c3)CN(c3c(N)c(=O)c3=O)CC4)ncnc12. The van der Waals surface area contributed by atoms with E-state index >= 15 is 0 Å². The Labute approximate surface area is 192 Å². The van der Waals surface area contributed by atoms with E-state index in [-0.39, 0.29) is 29.7 Å². The Morgan fingerprint density at radius 2 is 2.00 bits per heavy atom. The molecule has 11 heteroatoms. The second-order valence-corrected chi connectivity index (χ2v) is 8.21. The molecule has 1 aliphatic heterocycles. The van der Waals surface area contributed by atoms with Crippen LogP contribution in [0.2, 0.25) is 0 Å². The molecule has 5 rings (SSSR count). The molecule has 11 nitrogen and oxygen atoms in total. The van der Waals surface area contributed by atoms with Crippen molar-refractivity contribution in [1.82, 2.24) is 20.3 Å². The first-order valence-corrected chi connectivity index (χ1v) is 10.7. The molecule has 0 atom stereocenters. The van der Waals surface area contributed by atoms with E-state index in [9.17, 15) is 19.2 Å². The summed E-state index contributed by atoms with van der Waals surface area (Å²) in [6.07, 6.45) is 3.56. The highest BCUT2D eigenvalue weighted by Crippen LogP contribution is 2.27. The third-order valence-electron chi connectivity index (χ3n) is 5.96. The van der Waals surface area contributed by atoms with Gasteiger partial charge in [0, 0.05) is 32.8 Å². The largest absolute Gasteiger partial charge is 0.394 e. The van der Waals surface area contributed by atoms with Crippen LogP contribution in [0.4, 0.5) is 17.1 Å². The highest BCUT2D eigenvalue weighted by Gasteiger charge is 2.27. The molecule has 5 N–H and O–H groups in total. The van der Waals surface area contributed by atoms with Crippen molar-refractivity contribution < 1.29 is 9.59 Å². The van der Waals surface area contributed by atoms with Gasteiger partial charge in [0.2, 0.25) is 5.91 Å². The molecular formula is C23H21N7O4. The summed E-state index contributed by atoms with van der Waals surface area (Å²) in [5.74, 6) is -0.636. The van der Waals surface area contributed by atoms with E-state index in [2.05, 4.69) is 25.6 Å². The van der Waals surface area contributed by atoms with E-state index in [1.807, 2.05) is 23.1 Å². The van der Waals surface area contributed by atoms with Crippen LogP contribution in [0.5, 0.6) is 0 Å². The molecule has 0 spiro atoms. The molecule has 0 unspecified atom stereocenters. The summed E-state index contributed by atoms with van der Waals surface area (Å²) in [5.41, 5.74) is 9.45.